The van der Waals surface area contributed by atoms with Gasteiger partial charge in [-0.2, -0.15) is 0 Å². The Balaban J connectivity index is 1.82. The van der Waals surface area contributed by atoms with Gasteiger partial charge in [0.1, 0.15) is 0 Å². The molecule has 0 unspecified atom stereocenters. The maximum atomic E-state index is 11.8. The Bertz CT molecular complexity index is 967. The Morgan fingerprint density at radius 1 is 1.41 bits per heavy atom. The van der Waals surface area contributed by atoms with Gasteiger partial charge in [0.2, 0.25) is 5.88 Å². The molecule has 0 spiro atoms. The molecule has 3 heterocycles. The monoisotopic (exact) mass is 466 g/mol. The van der Waals surface area contributed by atoms with Crippen molar-refractivity contribution >= 4 is 28.7 Å². The normalized spacial score (nSPS) is 20.8. The van der Waals surface area contributed by atoms with Crippen molar-refractivity contribution in [3.8, 4) is 5.88 Å². The van der Waals surface area contributed by atoms with Crippen LogP contribution in [0.5, 0.6) is 5.88 Å². The second-order valence-electron chi connectivity index (χ2n) is 9.13. The molecular formula is C22H31ClN4O5. The Morgan fingerprint density at radius 3 is 2.69 bits per heavy atom. The number of β-amino-alcohol motifs (C(OH)–C–C–N with tert-alkyl or cyclic N) is 1. The lowest BCUT2D eigenvalue weighted by molar-refractivity contribution is -0.0368. The molecule has 0 saturated carbocycles. The van der Waals surface area contributed by atoms with Gasteiger partial charge in [0.05, 0.1) is 41.9 Å². The van der Waals surface area contributed by atoms with Crippen molar-refractivity contribution in [1.29, 1.82) is 0 Å². The Hall–Kier alpha value is -2.20. The number of piperidine rings is 1. The number of rotatable bonds is 6. The second kappa shape index (κ2) is 9.74. The van der Waals surface area contributed by atoms with E-state index in [9.17, 15) is 20.1 Å². The van der Waals surface area contributed by atoms with E-state index in [0.717, 1.165) is 0 Å². The summed E-state index contributed by atoms with van der Waals surface area (Å²) >= 11 is 6.47. The minimum Gasteiger partial charge on any atom is -0.481 e. The van der Waals surface area contributed by atoms with Gasteiger partial charge >= 0.3 is 6.09 Å². The van der Waals surface area contributed by atoms with Crippen molar-refractivity contribution in [1.82, 2.24) is 19.8 Å². The van der Waals surface area contributed by atoms with Crippen LogP contribution in [0.15, 0.2) is 18.3 Å². The highest BCUT2D eigenvalue weighted by atomic mass is 35.5. The van der Waals surface area contributed by atoms with Gasteiger partial charge < -0.3 is 20.1 Å². The van der Waals surface area contributed by atoms with E-state index in [1.807, 2.05) is 25.7 Å². The van der Waals surface area contributed by atoms with E-state index < -0.39 is 23.8 Å². The first-order chi connectivity index (χ1) is 15.1. The van der Waals surface area contributed by atoms with Crippen molar-refractivity contribution < 1.29 is 24.9 Å². The van der Waals surface area contributed by atoms with Crippen LogP contribution in [0, 0.1) is 0 Å². The zero-order valence-corrected chi connectivity index (χ0v) is 19.6. The molecule has 3 atom stereocenters. The molecule has 3 N–H and O–H groups in total. The second-order valence-corrected chi connectivity index (χ2v) is 9.53. The maximum absolute atomic E-state index is 11.8. The number of carbonyl (C=O) groups is 1. The van der Waals surface area contributed by atoms with E-state index in [-0.39, 0.29) is 12.5 Å². The quantitative estimate of drug-likeness (QED) is 0.594. The third kappa shape index (κ3) is 5.06. The number of aliphatic hydroxyl groups excluding tert-OH is 2. The molecule has 3 rings (SSSR count). The van der Waals surface area contributed by atoms with Crippen LogP contribution in [0.4, 0.5) is 4.79 Å². The standard InChI is InChI=1S/C22H31ClN4O5/c1-22(2,3)27(21(30)31)16-7-8-26(11-17(16)29)10-13(12-28)19-14(23)9-24-15-5-6-18(32-4)25-20(15)19/h5-6,9,13,16-17,28-29H,7-8,10-12H2,1-4H3,(H,30,31)/t13-,16+,17-/m1/s1. The fourth-order valence-corrected chi connectivity index (χ4v) is 4.77. The number of carboxylic acid groups (broad SMARTS) is 1. The van der Waals surface area contributed by atoms with Crippen LogP contribution in [-0.4, -0.2) is 92.2 Å². The smallest absolute Gasteiger partial charge is 0.408 e. The first kappa shape index (κ1) is 24.4. The van der Waals surface area contributed by atoms with Gasteiger partial charge in [-0.3, -0.25) is 14.8 Å². The number of hydrogen-bond acceptors (Lipinski definition) is 7. The molecule has 2 aromatic heterocycles. The van der Waals surface area contributed by atoms with Crippen molar-refractivity contribution in [2.45, 2.75) is 50.8 Å². The van der Waals surface area contributed by atoms with Crippen LogP contribution in [0.1, 0.15) is 38.7 Å². The Labute approximate surface area is 192 Å². The van der Waals surface area contributed by atoms with Gasteiger partial charge in [-0.05, 0) is 33.3 Å². The fraction of sp³-hybridized carbons (Fsp3) is 0.591. The summed E-state index contributed by atoms with van der Waals surface area (Å²) in [5.41, 5.74) is 1.26. The minimum atomic E-state index is -1.04. The van der Waals surface area contributed by atoms with Crippen LogP contribution < -0.4 is 4.74 Å². The molecule has 176 valence electrons. The lowest BCUT2D eigenvalue weighted by atomic mass is 9.93. The number of hydrogen-bond donors (Lipinski definition) is 3. The number of halogens is 1. The number of likely N-dealkylation sites (tertiary alicyclic amines) is 1. The predicted molar refractivity (Wildman–Crippen MR) is 121 cm³/mol. The lowest BCUT2D eigenvalue weighted by Gasteiger charge is -2.46. The van der Waals surface area contributed by atoms with Gasteiger partial charge in [-0.25, -0.2) is 9.78 Å². The summed E-state index contributed by atoms with van der Waals surface area (Å²) in [7, 11) is 1.53. The van der Waals surface area contributed by atoms with Gasteiger partial charge in [0, 0.05) is 48.9 Å². The van der Waals surface area contributed by atoms with Gasteiger partial charge in [-0.1, -0.05) is 11.6 Å². The average Bonchev–Trinajstić information content (AvgIpc) is 2.72. The van der Waals surface area contributed by atoms with Crippen molar-refractivity contribution in [2.75, 3.05) is 33.4 Å². The van der Waals surface area contributed by atoms with Crippen molar-refractivity contribution in [3.05, 3.63) is 28.9 Å². The van der Waals surface area contributed by atoms with Gasteiger partial charge in [0.25, 0.3) is 0 Å². The van der Waals surface area contributed by atoms with Crippen LogP contribution >= 0.6 is 11.6 Å². The lowest BCUT2D eigenvalue weighted by Crippen LogP contribution is -2.61. The van der Waals surface area contributed by atoms with Crippen LogP contribution in [0.2, 0.25) is 5.02 Å². The van der Waals surface area contributed by atoms with E-state index in [1.165, 1.54) is 12.0 Å². The molecule has 0 bridgehead atoms. The SMILES string of the molecule is COc1ccc2ncc(Cl)c([C@@H](CO)CN3CC[C@H](N(C(=O)O)C(C)(C)C)[C@H](O)C3)c2n1. The van der Waals surface area contributed by atoms with Crippen molar-refractivity contribution in [2.24, 2.45) is 0 Å². The largest absolute Gasteiger partial charge is 0.481 e. The highest BCUT2D eigenvalue weighted by Crippen LogP contribution is 2.33. The molecule has 0 aromatic carbocycles. The third-order valence-electron chi connectivity index (χ3n) is 5.89. The third-order valence-corrected chi connectivity index (χ3v) is 6.19. The molecule has 1 saturated heterocycles. The zero-order chi connectivity index (χ0) is 23.6. The first-order valence-corrected chi connectivity index (χ1v) is 11.0. The number of ether oxygens (including phenoxy) is 1. The average molecular weight is 467 g/mol. The number of nitrogens with zero attached hydrogens (tertiary/aromatic N) is 4. The van der Waals surface area contributed by atoms with E-state index in [1.54, 1.807) is 18.3 Å². The molecule has 0 radical (unpaired) electrons. The minimum absolute atomic E-state index is 0.170. The van der Waals surface area contributed by atoms with E-state index in [4.69, 9.17) is 16.3 Å². The van der Waals surface area contributed by atoms with Gasteiger partial charge in [0.15, 0.2) is 0 Å². The van der Waals surface area contributed by atoms with E-state index >= 15 is 0 Å². The number of fused-ring (bicyclic) bond motifs is 1. The highest BCUT2D eigenvalue weighted by molar-refractivity contribution is 6.32. The summed E-state index contributed by atoms with van der Waals surface area (Å²) in [5, 5.41) is 31.1. The maximum Gasteiger partial charge on any atom is 0.408 e. The predicted octanol–water partition coefficient (Wildman–Crippen LogP) is 2.58. The molecule has 32 heavy (non-hydrogen) atoms. The summed E-state index contributed by atoms with van der Waals surface area (Å²) in [6.07, 6.45) is 0.143. The molecule has 2 aromatic rings. The summed E-state index contributed by atoms with van der Waals surface area (Å²) in [6.45, 7) is 6.59. The van der Waals surface area contributed by atoms with Crippen LogP contribution in [0.25, 0.3) is 11.0 Å². The first-order valence-electron chi connectivity index (χ1n) is 10.6. The number of aromatic nitrogens is 2. The topological polar surface area (TPSA) is 119 Å². The molecule has 1 aliphatic rings. The number of pyridine rings is 2. The Morgan fingerprint density at radius 2 is 2.12 bits per heavy atom. The Kier molecular flexibility index (Phi) is 7.44. The molecular weight excluding hydrogens is 436 g/mol. The molecule has 9 nitrogen and oxygen atoms in total. The number of aliphatic hydroxyl groups is 2. The molecule has 1 amide bonds. The van der Waals surface area contributed by atoms with E-state index in [2.05, 4.69) is 9.97 Å². The molecule has 1 fully saturated rings. The summed E-state index contributed by atoms with van der Waals surface area (Å²) in [4.78, 5) is 24.0. The van der Waals surface area contributed by atoms with Gasteiger partial charge in [-0.15, -0.1) is 0 Å². The molecule has 0 aliphatic carbocycles. The summed E-state index contributed by atoms with van der Waals surface area (Å²) in [6, 6.07) is 3.01. The van der Waals surface area contributed by atoms with E-state index in [0.29, 0.717) is 53.6 Å². The van der Waals surface area contributed by atoms with Crippen LogP contribution in [-0.2, 0) is 0 Å². The highest BCUT2D eigenvalue weighted by Gasteiger charge is 2.40. The zero-order valence-electron chi connectivity index (χ0n) is 18.8. The number of methoxy groups -OCH3 is 1. The summed E-state index contributed by atoms with van der Waals surface area (Å²) < 4.78 is 5.23. The fourth-order valence-electron chi connectivity index (χ4n) is 4.48. The molecule has 1 aliphatic heterocycles. The molecule has 10 heteroatoms. The van der Waals surface area contributed by atoms with Crippen molar-refractivity contribution in [3.63, 3.8) is 0 Å². The van der Waals surface area contributed by atoms with Crippen LogP contribution in [0.3, 0.4) is 0 Å². The number of amides is 1. The summed E-state index contributed by atoms with van der Waals surface area (Å²) in [5.74, 6) is 0.0567.